The van der Waals surface area contributed by atoms with E-state index in [0.717, 1.165) is 19.3 Å². The number of fused-ring (bicyclic) bond motifs is 1. The largest absolute Gasteiger partial charge is 0.373 e. The summed E-state index contributed by atoms with van der Waals surface area (Å²) < 4.78 is 11.4. The molecule has 3 rings (SSSR count). The van der Waals surface area contributed by atoms with Gasteiger partial charge in [-0.05, 0) is 31.4 Å². The standard InChI is InChI=1S/C14H18N2O3/c17-14(10-2-1-5-15-9-10)16-11-3-4-12-13(8-11)19-7-6-18-12/h1-2,5,9,11-13H,3-4,6-8H2,(H,16,17). The van der Waals surface area contributed by atoms with Crippen LogP contribution in [0.1, 0.15) is 29.6 Å². The number of pyridine rings is 1. The van der Waals surface area contributed by atoms with Gasteiger partial charge in [0.15, 0.2) is 0 Å². The molecular formula is C14H18N2O3. The minimum absolute atomic E-state index is 0.0618. The fourth-order valence-corrected chi connectivity index (χ4v) is 2.76. The third kappa shape index (κ3) is 2.93. The molecule has 2 heterocycles. The van der Waals surface area contributed by atoms with Crippen molar-refractivity contribution >= 4 is 5.91 Å². The number of nitrogens with one attached hydrogen (secondary N) is 1. The van der Waals surface area contributed by atoms with Gasteiger partial charge < -0.3 is 14.8 Å². The van der Waals surface area contributed by atoms with Crippen LogP contribution in [0.3, 0.4) is 0 Å². The molecular weight excluding hydrogens is 244 g/mol. The van der Waals surface area contributed by atoms with Crippen LogP contribution >= 0.6 is 0 Å². The number of hydrogen-bond donors (Lipinski definition) is 1. The third-order valence-electron chi connectivity index (χ3n) is 3.74. The lowest BCUT2D eigenvalue weighted by molar-refractivity contribution is -0.157. The summed E-state index contributed by atoms with van der Waals surface area (Å²) in [6, 6.07) is 3.70. The molecule has 0 radical (unpaired) electrons. The number of ether oxygens (including phenoxy) is 2. The Kier molecular flexibility index (Phi) is 3.75. The van der Waals surface area contributed by atoms with Crippen molar-refractivity contribution in [2.75, 3.05) is 13.2 Å². The molecule has 0 bridgehead atoms. The smallest absolute Gasteiger partial charge is 0.253 e. The van der Waals surface area contributed by atoms with Crippen LogP contribution in [-0.4, -0.2) is 42.4 Å². The van der Waals surface area contributed by atoms with Gasteiger partial charge in [0.1, 0.15) is 0 Å². The maximum atomic E-state index is 12.0. The average Bonchev–Trinajstić information content (AvgIpc) is 2.48. The number of hydrogen-bond acceptors (Lipinski definition) is 4. The van der Waals surface area contributed by atoms with E-state index in [1.807, 2.05) is 0 Å². The number of rotatable bonds is 2. The first-order valence-corrected chi connectivity index (χ1v) is 6.77. The molecule has 1 aromatic heterocycles. The van der Waals surface area contributed by atoms with Gasteiger partial charge in [0.25, 0.3) is 5.91 Å². The fourth-order valence-electron chi connectivity index (χ4n) is 2.76. The van der Waals surface area contributed by atoms with Crippen molar-refractivity contribution in [3.05, 3.63) is 30.1 Å². The summed E-state index contributed by atoms with van der Waals surface area (Å²) in [5.74, 6) is -0.0618. The van der Waals surface area contributed by atoms with Gasteiger partial charge in [-0.25, -0.2) is 0 Å². The second kappa shape index (κ2) is 5.67. The van der Waals surface area contributed by atoms with E-state index in [9.17, 15) is 4.79 Å². The van der Waals surface area contributed by atoms with E-state index in [2.05, 4.69) is 10.3 Å². The van der Waals surface area contributed by atoms with Crippen molar-refractivity contribution in [3.8, 4) is 0 Å². The summed E-state index contributed by atoms with van der Waals surface area (Å²) in [5.41, 5.74) is 0.602. The predicted molar refractivity (Wildman–Crippen MR) is 68.8 cm³/mol. The van der Waals surface area contributed by atoms with Crippen LogP contribution in [0.4, 0.5) is 0 Å². The fraction of sp³-hybridized carbons (Fsp3) is 0.571. The third-order valence-corrected chi connectivity index (χ3v) is 3.74. The normalized spacial score (nSPS) is 30.4. The first kappa shape index (κ1) is 12.6. The number of carbonyl (C=O) groups excluding carboxylic acids is 1. The monoisotopic (exact) mass is 262 g/mol. The SMILES string of the molecule is O=C(NC1CCC2OCCOC2C1)c1cccnc1. The molecule has 1 N–H and O–H groups in total. The molecule has 1 saturated carbocycles. The van der Waals surface area contributed by atoms with Gasteiger partial charge in [-0.2, -0.15) is 0 Å². The van der Waals surface area contributed by atoms with Gasteiger partial charge >= 0.3 is 0 Å². The Morgan fingerprint density at radius 2 is 2.11 bits per heavy atom. The Morgan fingerprint density at radius 1 is 1.26 bits per heavy atom. The molecule has 1 aromatic rings. The summed E-state index contributed by atoms with van der Waals surface area (Å²) >= 11 is 0. The zero-order chi connectivity index (χ0) is 13.1. The Balaban J connectivity index is 1.57. The second-order valence-electron chi connectivity index (χ2n) is 5.04. The van der Waals surface area contributed by atoms with Crippen molar-refractivity contribution in [3.63, 3.8) is 0 Å². The van der Waals surface area contributed by atoms with E-state index < -0.39 is 0 Å². The Labute approximate surface area is 112 Å². The van der Waals surface area contributed by atoms with Crippen LogP contribution in [0.5, 0.6) is 0 Å². The molecule has 5 nitrogen and oxygen atoms in total. The van der Waals surface area contributed by atoms with E-state index in [1.165, 1.54) is 0 Å². The minimum Gasteiger partial charge on any atom is -0.373 e. The van der Waals surface area contributed by atoms with E-state index in [1.54, 1.807) is 24.5 Å². The zero-order valence-corrected chi connectivity index (χ0v) is 10.7. The average molecular weight is 262 g/mol. The topological polar surface area (TPSA) is 60.5 Å². The lowest BCUT2D eigenvalue weighted by Gasteiger charge is -2.39. The predicted octanol–water partition coefficient (Wildman–Crippen LogP) is 1.15. The number of carbonyl (C=O) groups is 1. The van der Waals surface area contributed by atoms with E-state index in [-0.39, 0.29) is 24.2 Å². The van der Waals surface area contributed by atoms with Crippen molar-refractivity contribution in [1.29, 1.82) is 0 Å². The Morgan fingerprint density at radius 3 is 2.89 bits per heavy atom. The van der Waals surface area contributed by atoms with Crippen LogP contribution in [0.25, 0.3) is 0 Å². The van der Waals surface area contributed by atoms with Gasteiger partial charge in [0.2, 0.25) is 0 Å². The first-order valence-electron chi connectivity index (χ1n) is 6.77. The lowest BCUT2D eigenvalue weighted by atomic mass is 9.89. The highest BCUT2D eigenvalue weighted by Gasteiger charge is 2.34. The molecule has 2 aliphatic rings. The maximum Gasteiger partial charge on any atom is 0.253 e. The lowest BCUT2D eigenvalue weighted by Crippen LogP contribution is -2.49. The highest BCUT2D eigenvalue weighted by molar-refractivity contribution is 5.94. The van der Waals surface area contributed by atoms with Gasteiger partial charge in [0.05, 0.1) is 31.0 Å². The molecule has 0 spiro atoms. The molecule has 5 heteroatoms. The highest BCUT2D eigenvalue weighted by atomic mass is 16.6. The molecule has 1 amide bonds. The maximum absolute atomic E-state index is 12.0. The number of nitrogens with zero attached hydrogens (tertiary/aromatic N) is 1. The van der Waals surface area contributed by atoms with Gasteiger partial charge in [0, 0.05) is 18.4 Å². The zero-order valence-electron chi connectivity index (χ0n) is 10.7. The van der Waals surface area contributed by atoms with Crippen molar-refractivity contribution in [2.45, 2.75) is 37.5 Å². The van der Waals surface area contributed by atoms with Crippen LogP contribution in [0.15, 0.2) is 24.5 Å². The van der Waals surface area contributed by atoms with Crippen molar-refractivity contribution in [1.82, 2.24) is 10.3 Å². The Hall–Kier alpha value is -1.46. The van der Waals surface area contributed by atoms with E-state index >= 15 is 0 Å². The molecule has 2 fully saturated rings. The summed E-state index contributed by atoms with van der Waals surface area (Å²) in [6.45, 7) is 1.35. The molecule has 0 aromatic carbocycles. The van der Waals surface area contributed by atoms with Crippen LogP contribution in [0, 0.1) is 0 Å². The molecule has 1 saturated heterocycles. The molecule has 19 heavy (non-hydrogen) atoms. The summed E-state index contributed by atoms with van der Waals surface area (Å²) in [7, 11) is 0. The van der Waals surface area contributed by atoms with Crippen LogP contribution < -0.4 is 5.32 Å². The number of aromatic nitrogens is 1. The number of amides is 1. The summed E-state index contributed by atoms with van der Waals surface area (Å²) in [6.07, 6.45) is 6.30. The quantitative estimate of drug-likeness (QED) is 0.868. The summed E-state index contributed by atoms with van der Waals surface area (Å²) in [4.78, 5) is 16.0. The second-order valence-corrected chi connectivity index (χ2v) is 5.04. The molecule has 1 aliphatic carbocycles. The first-order chi connectivity index (χ1) is 9.33. The molecule has 102 valence electrons. The van der Waals surface area contributed by atoms with E-state index in [0.29, 0.717) is 18.8 Å². The minimum atomic E-state index is -0.0618. The van der Waals surface area contributed by atoms with Crippen LogP contribution in [0.2, 0.25) is 0 Å². The van der Waals surface area contributed by atoms with Crippen LogP contribution in [-0.2, 0) is 9.47 Å². The molecule has 3 unspecified atom stereocenters. The van der Waals surface area contributed by atoms with E-state index in [4.69, 9.17) is 9.47 Å². The van der Waals surface area contributed by atoms with Gasteiger partial charge in [-0.15, -0.1) is 0 Å². The highest BCUT2D eigenvalue weighted by Crippen LogP contribution is 2.26. The molecule has 3 atom stereocenters. The Bertz CT molecular complexity index is 438. The van der Waals surface area contributed by atoms with Gasteiger partial charge in [-0.1, -0.05) is 0 Å². The summed E-state index contributed by atoms with van der Waals surface area (Å²) in [5, 5.41) is 3.05. The van der Waals surface area contributed by atoms with Gasteiger partial charge in [-0.3, -0.25) is 9.78 Å². The van der Waals surface area contributed by atoms with Crippen molar-refractivity contribution < 1.29 is 14.3 Å². The van der Waals surface area contributed by atoms with Crippen molar-refractivity contribution in [2.24, 2.45) is 0 Å². The molecule has 1 aliphatic heterocycles.